The summed E-state index contributed by atoms with van der Waals surface area (Å²) in [6, 6.07) is 5.09. The summed E-state index contributed by atoms with van der Waals surface area (Å²) in [5.41, 5.74) is 3.51. The summed E-state index contributed by atoms with van der Waals surface area (Å²) in [7, 11) is 1.95. The molecule has 6 heteroatoms. The Hall–Kier alpha value is -1.62. The molecule has 0 aliphatic heterocycles. The third-order valence-electron chi connectivity index (χ3n) is 4.65. The Morgan fingerprint density at radius 3 is 2.40 bits per heavy atom. The molecule has 2 rings (SSSR count). The van der Waals surface area contributed by atoms with E-state index in [1.54, 1.807) is 12.1 Å². The van der Waals surface area contributed by atoms with Gasteiger partial charge in [-0.3, -0.25) is 9.59 Å². The predicted octanol–water partition coefficient (Wildman–Crippen LogP) is 3.43. The van der Waals surface area contributed by atoms with Crippen LogP contribution in [-0.4, -0.2) is 29.6 Å². The zero-order valence-electron chi connectivity index (χ0n) is 15.1. The fourth-order valence-corrected chi connectivity index (χ4v) is 3.56. The summed E-state index contributed by atoms with van der Waals surface area (Å²) in [4.78, 5) is 28.8. The molecule has 0 aliphatic carbocycles. The van der Waals surface area contributed by atoms with E-state index in [2.05, 4.69) is 4.98 Å². The van der Waals surface area contributed by atoms with Crippen molar-refractivity contribution < 1.29 is 14.5 Å². The molecule has 2 aromatic rings. The first-order chi connectivity index (χ1) is 11.6. The van der Waals surface area contributed by atoms with Gasteiger partial charge in [-0.25, -0.2) is 0 Å². The maximum Gasteiger partial charge on any atom is 0.235 e. The number of halogens is 2. The number of likely N-dealkylation sites (N-methyl/N-ethyl adjacent to an activating group) is 1. The maximum atomic E-state index is 12.9. The number of nitrogens with one attached hydrogen (secondary N) is 2. The van der Waals surface area contributed by atoms with Gasteiger partial charge in [0.2, 0.25) is 5.78 Å². The highest BCUT2D eigenvalue weighted by Crippen LogP contribution is 2.21. The Labute approximate surface area is 158 Å². The van der Waals surface area contributed by atoms with Gasteiger partial charge in [0.25, 0.3) is 0 Å². The third kappa shape index (κ3) is 4.14. The molecule has 2 atom stereocenters. The molecule has 0 amide bonds. The molecule has 0 saturated heterocycles. The normalized spacial score (nSPS) is 13.6. The van der Waals surface area contributed by atoms with Gasteiger partial charge in [0.1, 0.15) is 6.54 Å². The van der Waals surface area contributed by atoms with Crippen LogP contribution in [0.15, 0.2) is 18.2 Å². The summed E-state index contributed by atoms with van der Waals surface area (Å²) in [5, 5.41) is 1.18. The van der Waals surface area contributed by atoms with E-state index in [0.717, 1.165) is 21.7 Å². The number of aromatic nitrogens is 1. The first-order valence-corrected chi connectivity index (χ1v) is 8.89. The molecular weight excluding hydrogens is 359 g/mol. The topological polar surface area (TPSA) is 54.4 Å². The predicted molar refractivity (Wildman–Crippen MR) is 101 cm³/mol. The highest BCUT2D eigenvalue weighted by Gasteiger charge is 2.28. The Bertz CT molecular complexity index is 827. The van der Waals surface area contributed by atoms with E-state index in [-0.39, 0.29) is 17.6 Å². The monoisotopic (exact) mass is 381 g/mol. The standard InChI is InChI=1S/C19H22Cl2N2O2/c1-10-17(13(4)24)11(2)22-18(10)19(25)12(3)23(5)9-14-6-7-15(20)8-16(14)21/h6-8,12,22H,9H2,1-5H3/p+1/t12-/m1/s1. The molecule has 134 valence electrons. The number of hydrogen-bond donors (Lipinski definition) is 2. The minimum atomic E-state index is -0.289. The summed E-state index contributed by atoms with van der Waals surface area (Å²) < 4.78 is 0. The maximum absolute atomic E-state index is 12.9. The zero-order valence-corrected chi connectivity index (χ0v) is 16.6. The molecule has 1 heterocycles. The molecular formula is C19H23Cl2N2O2+. The molecule has 1 unspecified atom stereocenters. The fourth-order valence-electron chi connectivity index (χ4n) is 3.08. The lowest BCUT2D eigenvalue weighted by molar-refractivity contribution is -0.907. The number of aryl methyl sites for hydroxylation is 1. The number of ketones is 2. The lowest BCUT2D eigenvalue weighted by Gasteiger charge is -2.21. The first-order valence-electron chi connectivity index (χ1n) is 8.14. The van der Waals surface area contributed by atoms with Gasteiger partial charge in [0.15, 0.2) is 11.8 Å². The number of rotatable bonds is 6. The van der Waals surface area contributed by atoms with Gasteiger partial charge >= 0.3 is 0 Å². The number of hydrogen-bond acceptors (Lipinski definition) is 2. The number of carbonyl (C=O) groups is 2. The number of Topliss-reactive ketones (excluding diaryl/α,β-unsaturated/α-hetero) is 2. The van der Waals surface area contributed by atoms with Crippen molar-refractivity contribution in [1.82, 2.24) is 4.98 Å². The largest absolute Gasteiger partial charge is 0.355 e. The molecule has 2 N–H and O–H groups in total. The lowest BCUT2D eigenvalue weighted by Crippen LogP contribution is -3.12. The number of aromatic amines is 1. The van der Waals surface area contributed by atoms with Crippen LogP contribution in [0.5, 0.6) is 0 Å². The van der Waals surface area contributed by atoms with Crippen molar-refractivity contribution in [2.75, 3.05) is 7.05 Å². The number of quaternary nitrogens is 1. The molecule has 4 nitrogen and oxygen atoms in total. The Kier molecular flexibility index (Phi) is 6.09. The molecule has 0 aliphatic rings. The first kappa shape index (κ1) is 19.7. The highest BCUT2D eigenvalue weighted by molar-refractivity contribution is 6.35. The van der Waals surface area contributed by atoms with Crippen LogP contribution in [0.2, 0.25) is 10.0 Å². The molecule has 1 aromatic carbocycles. The van der Waals surface area contributed by atoms with E-state index < -0.39 is 0 Å². The molecule has 0 saturated carbocycles. The summed E-state index contributed by atoms with van der Waals surface area (Å²) in [5.74, 6) is -0.0534. The summed E-state index contributed by atoms with van der Waals surface area (Å²) in [6.07, 6.45) is 0. The van der Waals surface area contributed by atoms with Gasteiger partial charge < -0.3 is 9.88 Å². The Morgan fingerprint density at radius 2 is 1.88 bits per heavy atom. The summed E-state index contributed by atoms with van der Waals surface area (Å²) in [6.45, 7) is 7.62. The van der Waals surface area contributed by atoms with Crippen LogP contribution >= 0.6 is 23.2 Å². The average molecular weight is 382 g/mol. The van der Waals surface area contributed by atoms with Crippen LogP contribution in [-0.2, 0) is 6.54 Å². The smallest absolute Gasteiger partial charge is 0.235 e. The van der Waals surface area contributed by atoms with Crippen molar-refractivity contribution in [1.29, 1.82) is 0 Å². The van der Waals surface area contributed by atoms with Crippen LogP contribution in [0.1, 0.15) is 51.5 Å². The van der Waals surface area contributed by atoms with E-state index in [1.165, 1.54) is 6.92 Å². The third-order valence-corrected chi connectivity index (χ3v) is 5.24. The molecule has 0 fully saturated rings. The molecule has 0 radical (unpaired) electrons. The number of H-pyrrole nitrogens is 1. The lowest BCUT2D eigenvalue weighted by atomic mass is 10.0. The number of benzene rings is 1. The van der Waals surface area contributed by atoms with E-state index in [1.807, 2.05) is 33.9 Å². The van der Waals surface area contributed by atoms with Crippen LogP contribution in [0, 0.1) is 13.8 Å². The van der Waals surface area contributed by atoms with Crippen LogP contribution in [0.25, 0.3) is 0 Å². The van der Waals surface area contributed by atoms with E-state index in [9.17, 15) is 9.59 Å². The zero-order chi connectivity index (χ0) is 18.9. The minimum Gasteiger partial charge on any atom is -0.355 e. The second-order valence-corrected chi connectivity index (χ2v) is 7.37. The SMILES string of the molecule is CC(=O)c1c(C)[nH]c(C(=O)[C@@H](C)[NH+](C)Cc2ccc(Cl)cc2Cl)c1C. The van der Waals surface area contributed by atoms with Gasteiger partial charge in [0.05, 0.1) is 17.8 Å². The highest BCUT2D eigenvalue weighted by atomic mass is 35.5. The Balaban J connectivity index is 2.22. The minimum absolute atomic E-state index is 0.0179. The molecule has 0 spiro atoms. The van der Waals surface area contributed by atoms with Crippen molar-refractivity contribution in [3.8, 4) is 0 Å². The quantitative estimate of drug-likeness (QED) is 0.753. The van der Waals surface area contributed by atoms with E-state index >= 15 is 0 Å². The van der Waals surface area contributed by atoms with E-state index in [4.69, 9.17) is 23.2 Å². The molecule has 0 bridgehead atoms. The summed E-state index contributed by atoms with van der Waals surface area (Å²) >= 11 is 12.2. The van der Waals surface area contributed by atoms with Crippen molar-refractivity contribution in [2.45, 2.75) is 40.3 Å². The van der Waals surface area contributed by atoms with Gasteiger partial charge in [-0.15, -0.1) is 0 Å². The van der Waals surface area contributed by atoms with Crippen molar-refractivity contribution in [3.05, 3.63) is 56.3 Å². The van der Waals surface area contributed by atoms with Gasteiger partial charge in [0, 0.05) is 21.8 Å². The van der Waals surface area contributed by atoms with E-state index in [0.29, 0.717) is 27.8 Å². The average Bonchev–Trinajstić information content (AvgIpc) is 2.83. The van der Waals surface area contributed by atoms with Gasteiger partial charge in [-0.1, -0.05) is 29.3 Å². The second kappa shape index (κ2) is 7.73. The van der Waals surface area contributed by atoms with Crippen LogP contribution in [0.4, 0.5) is 0 Å². The Morgan fingerprint density at radius 1 is 1.24 bits per heavy atom. The van der Waals surface area contributed by atoms with Gasteiger partial charge in [-0.05, 0) is 45.4 Å². The molecule has 1 aromatic heterocycles. The van der Waals surface area contributed by atoms with Crippen molar-refractivity contribution >= 4 is 34.8 Å². The van der Waals surface area contributed by atoms with Crippen LogP contribution < -0.4 is 4.90 Å². The van der Waals surface area contributed by atoms with Crippen LogP contribution in [0.3, 0.4) is 0 Å². The number of carbonyl (C=O) groups excluding carboxylic acids is 2. The van der Waals surface area contributed by atoms with Gasteiger partial charge in [-0.2, -0.15) is 0 Å². The van der Waals surface area contributed by atoms with Crippen molar-refractivity contribution in [3.63, 3.8) is 0 Å². The van der Waals surface area contributed by atoms with Crippen molar-refractivity contribution in [2.24, 2.45) is 0 Å². The fraction of sp³-hybridized carbons (Fsp3) is 0.368. The molecule has 25 heavy (non-hydrogen) atoms. The second-order valence-electron chi connectivity index (χ2n) is 6.53.